The highest BCUT2D eigenvalue weighted by atomic mass is 19.2. The van der Waals surface area contributed by atoms with Crippen molar-refractivity contribution < 1.29 is 17.9 Å². The van der Waals surface area contributed by atoms with Gasteiger partial charge in [-0.15, -0.1) is 0 Å². The lowest BCUT2D eigenvalue weighted by molar-refractivity contribution is 0.242. The molecule has 2 nitrogen and oxygen atoms in total. The smallest absolute Gasteiger partial charge is 0.253 e. The van der Waals surface area contributed by atoms with Gasteiger partial charge in [0, 0.05) is 6.07 Å². The van der Waals surface area contributed by atoms with Gasteiger partial charge in [0.05, 0.1) is 6.61 Å². The SMILES string of the molecule is CC(C)COc1nc(F)c(F)cc1F. The molecule has 0 fully saturated rings. The highest BCUT2D eigenvalue weighted by Crippen LogP contribution is 2.16. The number of hydrogen-bond donors (Lipinski definition) is 0. The molecule has 1 rings (SSSR count). The summed E-state index contributed by atoms with van der Waals surface area (Å²) in [6.07, 6.45) is 0. The van der Waals surface area contributed by atoms with Gasteiger partial charge in [-0.1, -0.05) is 13.8 Å². The summed E-state index contributed by atoms with van der Waals surface area (Å²) in [5.41, 5.74) is 0. The van der Waals surface area contributed by atoms with E-state index in [0.717, 1.165) is 0 Å². The van der Waals surface area contributed by atoms with Crippen LogP contribution in [0.25, 0.3) is 0 Å². The first-order chi connectivity index (χ1) is 6.50. The molecule has 0 saturated carbocycles. The molecule has 0 aliphatic rings. The maximum absolute atomic E-state index is 12.9. The number of hydrogen-bond acceptors (Lipinski definition) is 2. The van der Waals surface area contributed by atoms with Gasteiger partial charge in [-0.25, -0.2) is 8.78 Å². The lowest BCUT2D eigenvalue weighted by atomic mass is 10.2. The van der Waals surface area contributed by atoms with Crippen LogP contribution in [-0.2, 0) is 0 Å². The fourth-order valence-electron chi connectivity index (χ4n) is 0.775. The standard InChI is InChI=1S/C9H10F3NO/c1-5(2)4-14-9-7(11)3-6(10)8(12)13-9/h3,5H,4H2,1-2H3. The van der Waals surface area contributed by atoms with E-state index in [0.29, 0.717) is 6.07 Å². The summed E-state index contributed by atoms with van der Waals surface area (Å²) in [6, 6.07) is 0.415. The Bertz CT molecular complexity index is 328. The average Bonchev–Trinajstić information content (AvgIpc) is 2.09. The molecule has 0 radical (unpaired) electrons. The van der Waals surface area contributed by atoms with Crippen molar-refractivity contribution in [3.63, 3.8) is 0 Å². The Balaban J connectivity index is 2.82. The van der Waals surface area contributed by atoms with Crippen LogP contribution in [0, 0.1) is 23.5 Å². The lowest BCUT2D eigenvalue weighted by Gasteiger charge is -2.08. The molecular formula is C9H10F3NO. The molecule has 0 unspecified atom stereocenters. The monoisotopic (exact) mass is 205 g/mol. The van der Waals surface area contributed by atoms with Gasteiger partial charge in [0.1, 0.15) is 0 Å². The minimum atomic E-state index is -1.36. The molecule has 14 heavy (non-hydrogen) atoms. The van der Waals surface area contributed by atoms with Crippen LogP contribution < -0.4 is 4.74 Å². The van der Waals surface area contributed by atoms with Crippen molar-refractivity contribution in [1.29, 1.82) is 0 Å². The van der Waals surface area contributed by atoms with E-state index < -0.39 is 23.5 Å². The Labute approximate surface area is 79.7 Å². The molecule has 0 amide bonds. The molecule has 0 atom stereocenters. The first kappa shape index (κ1) is 10.8. The molecule has 0 aliphatic heterocycles. The predicted molar refractivity (Wildman–Crippen MR) is 44.4 cm³/mol. The highest BCUT2D eigenvalue weighted by molar-refractivity contribution is 5.15. The van der Waals surface area contributed by atoms with Crippen LogP contribution in [0.3, 0.4) is 0 Å². The summed E-state index contributed by atoms with van der Waals surface area (Å²) in [7, 11) is 0. The summed E-state index contributed by atoms with van der Waals surface area (Å²) in [4.78, 5) is 3.01. The third-order valence-electron chi connectivity index (χ3n) is 1.41. The molecule has 1 aromatic rings. The van der Waals surface area contributed by atoms with Crippen molar-refractivity contribution in [3.05, 3.63) is 23.6 Å². The number of rotatable bonds is 3. The molecule has 0 N–H and O–H groups in total. The number of aromatic nitrogens is 1. The van der Waals surface area contributed by atoms with Gasteiger partial charge < -0.3 is 4.74 Å². The molecule has 0 spiro atoms. The van der Waals surface area contributed by atoms with Gasteiger partial charge in [0.25, 0.3) is 11.8 Å². The van der Waals surface area contributed by atoms with Crippen molar-refractivity contribution >= 4 is 0 Å². The van der Waals surface area contributed by atoms with E-state index >= 15 is 0 Å². The van der Waals surface area contributed by atoms with Crippen LogP contribution in [0.4, 0.5) is 13.2 Å². The Kier molecular flexibility index (Phi) is 3.33. The summed E-state index contributed by atoms with van der Waals surface area (Å²) >= 11 is 0. The Morgan fingerprint density at radius 3 is 2.50 bits per heavy atom. The van der Waals surface area contributed by atoms with E-state index in [-0.39, 0.29) is 12.5 Å². The molecule has 0 bridgehead atoms. The van der Waals surface area contributed by atoms with E-state index in [9.17, 15) is 13.2 Å². The molecule has 0 saturated heterocycles. The first-order valence-electron chi connectivity index (χ1n) is 4.15. The van der Waals surface area contributed by atoms with Crippen LogP contribution in [0.15, 0.2) is 6.07 Å². The summed E-state index contributed by atoms with van der Waals surface area (Å²) in [5, 5.41) is 0. The second-order valence-electron chi connectivity index (χ2n) is 3.25. The topological polar surface area (TPSA) is 22.1 Å². The van der Waals surface area contributed by atoms with E-state index in [1.54, 1.807) is 0 Å². The van der Waals surface area contributed by atoms with Crippen molar-refractivity contribution in [2.45, 2.75) is 13.8 Å². The van der Waals surface area contributed by atoms with Crippen molar-refractivity contribution in [2.24, 2.45) is 5.92 Å². The molecule has 0 aromatic carbocycles. The van der Waals surface area contributed by atoms with Gasteiger partial charge in [-0.2, -0.15) is 9.37 Å². The third kappa shape index (κ3) is 2.61. The second-order valence-corrected chi connectivity index (χ2v) is 3.25. The van der Waals surface area contributed by atoms with Crippen LogP contribution in [0.1, 0.15) is 13.8 Å². The Morgan fingerprint density at radius 1 is 1.29 bits per heavy atom. The number of nitrogens with zero attached hydrogens (tertiary/aromatic N) is 1. The van der Waals surface area contributed by atoms with Crippen molar-refractivity contribution in [2.75, 3.05) is 6.61 Å². The van der Waals surface area contributed by atoms with Crippen LogP contribution in [0.2, 0.25) is 0 Å². The summed E-state index contributed by atoms with van der Waals surface area (Å²) in [6.45, 7) is 3.89. The van der Waals surface area contributed by atoms with Gasteiger partial charge in [-0.05, 0) is 5.92 Å². The molecule has 1 aromatic heterocycles. The van der Waals surface area contributed by atoms with Gasteiger partial charge in [-0.3, -0.25) is 0 Å². The van der Waals surface area contributed by atoms with Crippen LogP contribution >= 0.6 is 0 Å². The average molecular weight is 205 g/mol. The maximum Gasteiger partial charge on any atom is 0.253 e. The number of pyridine rings is 1. The molecule has 5 heteroatoms. The lowest BCUT2D eigenvalue weighted by Crippen LogP contribution is -2.08. The van der Waals surface area contributed by atoms with Crippen molar-refractivity contribution in [3.8, 4) is 5.88 Å². The van der Waals surface area contributed by atoms with Crippen molar-refractivity contribution in [1.82, 2.24) is 4.98 Å². The van der Waals surface area contributed by atoms with Crippen LogP contribution in [-0.4, -0.2) is 11.6 Å². The minimum Gasteiger partial charge on any atom is -0.475 e. The first-order valence-corrected chi connectivity index (χ1v) is 4.15. The molecule has 78 valence electrons. The van der Waals surface area contributed by atoms with Gasteiger partial charge in [0.15, 0.2) is 11.6 Å². The predicted octanol–water partition coefficient (Wildman–Crippen LogP) is 2.53. The normalized spacial score (nSPS) is 10.7. The zero-order valence-corrected chi connectivity index (χ0v) is 7.85. The number of ether oxygens (including phenoxy) is 1. The minimum absolute atomic E-state index is 0.157. The van der Waals surface area contributed by atoms with E-state index in [1.807, 2.05) is 13.8 Å². The summed E-state index contributed by atoms with van der Waals surface area (Å²) < 4.78 is 42.7. The van der Waals surface area contributed by atoms with Gasteiger partial charge in [0.2, 0.25) is 0 Å². The second kappa shape index (κ2) is 4.30. The van der Waals surface area contributed by atoms with Gasteiger partial charge >= 0.3 is 0 Å². The largest absolute Gasteiger partial charge is 0.475 e. The molecule has 0 aliphatic carbocycles. The summed E-state index contributed by atoms with van der Waals surface area (Å²) in [5.74, 6) is -4.02. The highest BCUT2D eigenvalue weighted by Gasteiger charge is 2.12. The van der Waals surface area contributed by atoms with E-state index in [1.165, 1.54) is 0 Å². The Morgan fingerprint density at radius 2 is 1.93 bits per heavy atom. The molecular weight excluding hydrogens is 195 g/mol. The zero-order chi connectivity index (χ0) is 10.7. The van der Waals surface area contributed by atoms with E-state index in [4.69, 9.17) is 4.74 Å². The van der Waals surface area contributed by atoms with Crippen LogP contribution in [0.5, 0.6) is 5.88 Å². The third-order valence-corrected chi connectivity index (χ3v) is 1.41. The zero-order valence-electron chi connectivity index (χ0n) is 7.85. The Hall–Kier alpha value is -1.26. The number of halogens is 3. The fourth-order valence-corrected chi connectivity index (χ4v) is 0.775. The van der Waals surface area contributed by atoms with E-state index in [2.05, 4.69) is 4.98 Å². The quantitative estimate of drug-likeness (QED) is 0.707. The fraction of sp³-hybridized carbons (Fsp3) is 0.444. The maximum atomic E-state index is 12.9. The molecule has 1 heterocycles.